The summed E-state index contributed by atoms with van der Waals surface area (Å²) < 4.78 is 0. The molecule has 4 rings (SSSR count). The van der Waals surface area contributed by atoms with Crippen molar-refractivity contribution >= 4 is 5.82 Å². The zero-order chi connectivity index (χ0) is 17.8. The lowest BCUT2D eigenvalue weighted by Crippen LogP contribution is -2.45. The number of benzene rings is 1. The highest BCUT2D eigenvalue weighted by atomic mass is 15.5. The smallest absolute Gasteiger partial charge is 0.151 e. The molecular formula is C19H23N7. The molecule has 1 aliphatic heterocycles. The minimum Gasteiger partial charge on any atom is -0.354 e. The van der Waals surface area contributed by atoms with Crippen molar-refractivity contribution in [2.24, 2.45) is 0 Å². The van der Waals surface area contributed by atoms with Crippen molar-refractivity contribution in [3.63, 3.8) is 0 Å². The number of nitrogens with one attached hydrogen (secondary N) is 1. The summed E-state index contributed by atoms with van der Waals surface area (Å²) in [4.78, 5) is 3.97. The van der Waals surface area contributed by atoms with Crippen LogP contribution in [-0.4, -0.2) is 44.3 Å². The lowest BCUT2D eigenvalue weighted by molar-refractivity contribution is 0.417. The first-order valence-electron chi connectivity index (χ1n) is 9.03. The number of piperidine rings is 1. The van der Waals surface area contributed by atoms with Crippen molar-refractivity contribution in [3.8, 4) is 5.69 Å². The Labute approximate surface area is 153 Å². The molecule has 2 aromatic heterocycles. The van der Waals surface area contributed by atoms with Crippen LogP contribution >= 0.6 is 0 Å². The second-order valence-electron chi connectivity index (χ2n) is 6.66. The van der Waals surface area contributed by atoms with Crippen LogP contribution in [0.25, 0.3) is 5.69 Å². The highest BCUT2D eigenvalue weighted by Gasteiger charge is 2.21. The van der Waals surface area contributed by atoms with E-state index in [1.54, 1.807) is 4.80 Å². The predicted molar refractivity (Wildman–Crippen MR) is 100 cm³/mol. The molecule has 1 saturated heterocycles. The number of rotatable bonds is 5. The van der Waals surface area contributed by atoms with Crippen LogP contribution in [0.2, 0.25) is 0 Å². The molecule has 0 spiro atoms. The van der Waals surface area contributed by atoms with Crippen LogP contribution in [0.4, 0.5) is 5.82 Å². The highest BCUT2D eigenvalue weighted by molar-refractivity contribution is 5.38. The highest BCUT2D eigenvalue weighted by Crippen LogP contribution is 2.17. The van der Waals surface area contributed by atoms with E-state index in [9.17, 15) is 0 Å². The Bertz CT molecular complexity index is 829. The van der Waals surface area contributed by atoms with E-state index in [2.05, 4.69) is 36.7 Å². The first-order chi connectivity index (χ1) is 12.8. The van der Waals surface area contributed by atoms with Gasteiger partial charge in [0, 0.05) is 25.7 Å². The zero-order valence-corrected chi connectivity index (χ0v) is 14.9. The van der Waals surface area contributed by atoms with Crippen LogP contribution in [0.1, 0.15) is 24.2 Å². The van der Waals surface area contributed by atoms with Crippen molar-refractivity contribution in [2.45, 2.75) is 32.4 Å². The van der Waals surface area contributed by atoms with Gasteiger partial charge in [0.05, 0.1) is 23.3 Å². The van der Waals surface area contributed by atoms with Crippen molar-refractivity contribution in [3.05, 3.63) is 60.0 Å². The summed E-state index contributed by atoms with van der Waals surface area (Å²) in [6.07, 6.45) is 4.12. The van der Waals surface area contributed by atoms with Crippen LogP contribution in [0, 0.1) is 6.92 Å². The Morgan fingerprint density at radius 1 is 1.12 bits per heavy atom. The molecular weight excluding hydrogens is 326 g/mol. The standard InChI is InChI=1S/C19H23N7/c1-15-9-10-19(23-22-15)25-11-5-6-16(14-25)20-12-17-13-21-26(24-17)18-7-3-2-4-8-18/h2-4,7-10,13,16,20H,5-6,11-12,14H2,1H3/t16-/m0/s1. The minimum atomic E-state index is 0.411. The summed E-state index contributed by atoms with van der Waals surface area (Å²) in [6, 6.07) is 14.4. The average Bonchev–Trinajstić information content (AvgIpc) is 3.17. The van der Waals surface area contributed by atoms with E-state index in [-0.39, 0.29) is 0 Å². The predicted octanol–water partition coefficient (Wildman–Crippen LogP) is 2.12. The molecule has 134 valence electrons. The van der Waals surface area contributed by atoms with Gasteiger partial charge in [-0.2, -0.15) is 20.1 Å². The average molecular weight is 349 g/mol. The molecule has 7 heteroatoms. The zero-order valence-electron chi connectivity index (χ0n) is 14.9. The topological polar surface area (TPSA) is 71.8 Å². The van der Waals surface area contributed by atoms with E-state index in [0.29, 0.717) is 12.6 Å². The van der Waals surface area contributed by atoms with E-state index in [0.717, 1.165) is 48.8 Å². The van der Waals surface area contributed by atoms with Gasteiger partial charge in [-0.25, -0.2) is 0 Å². The summed E-state index contributed by atoms with van der Waals surface area (Å²) in [5.74, 6) is 0.956. The molecule has 1 aliphatic rings. The first-order valence-corrected chi connectivity index (χ1v) is 9.03. The number of aryl methyl sites for hydroxylation is 1. The molecule has 0 bridgehead atoms. The van der Waals surface area contributed by atoms with E-state index in [1.807, 2.05) is 49.5 Å². The Morgan fingerprint density at radius 2 is 2.00 bits per heavy atom. The second kappa shape index (κ2) is 7.61. The van der Waals surface area contributed by atoms with Gasteiger partial charge < -0.3 is 10.2 Å². The molecule has 0 unspecified atom stereocenters. The summed E-state index contributed by atoms with van der Waals surface area (Å²) in [5.41, 5.74) is 2.86. The van der Waals surface area contributed by atoms with Crippen molar-refractivity contribution in [2.75, 3.05) is 18.0 Å². The van der Waals surface area contributed by atoms with Crippen LogP contribution < -0.4 is 10.2 Å². The van der Waals surface area contributed by atoms with Gasteiger partial charge in [-0.1, -0.05) is 18.2 Å². The second-order valence-corrected chi connectivity index (χ2v) is 6.66. The Hall–Kier alpha value is -2.80. The van der Waals surface area contributed by atoms with Gasteiger partial charge in [0.25, 0.3) is 0 Å². The minimum absolute atomic E-state index is 0.411. The van der Waals surface area contributed by atoms with E-state index in [1.165, 1.54) is 0 Å². The molecule has 0 aliphatic carbocycles. The maximum absolute atomic E-state index is 4.56. The van der Waals surface area contributed by atoms with Gasteiger partial charge in [-0.3, -0.25) is 0 Å². The number of aromatic nitrogens is 5. The molecule has 1 N–H and O–H groups in total. The third-order valence-corrected chi connectivity index (χ3v) is 4.63. The fraction of sp³-hybridized carbons (Fsp3) is 0.368. The van der Waals surface area contributed by atoms with Crippen molar-refractivity contribution < 1.29 is 0 Å². The molecule has 0 radical (unpaired) electrons. The molecule has 3 heterocycles. The number of hydrogen-bond acceptors (Lipinski definition) is 6. The molecule has 7 nitrogen and oxygen atoms in total. The summed E-state index contributed by atoms with van der Waals surface area (Å²) in [7, 11) is 0. The van der Waals surface area contributed by atoms with Crippen LogP contribution in [-0.2, 0) is 6.54 Å². The third kappa shape index (κ3) is 3.88. The fourth-order valence-electron chi connectivity index (χ4n) is 3.22. The molecule has 3 aromatic rings. The summed E-state index contributed by atoms with van der Waals surface area (Å²) in [5, 5.41) is 21.0. The lowest BCUT2D eigenvalue weighted by atomic mass is 10.1. The molecule has 1 aromatic carbocycles. The molecule has 0 amide bonds. The summed E-state index contributed by atoms with van der Waals surface area (Å²) in [6.45, 7) is 4.63. The molecule has 0 saturated carbocycles. The number of hydrogen-bond donors (Lipinski definition) is 1. The Morgan fingerprint density at radius 3 is 2.81 bits per heavy atom. The third-order valence-electron chi connectivity index (χ3n) is 4.63. The van der Waals surface area contributed by atoms with Crippen LogP contribution in [0.3, 0.4) is 0 Å². The number of para-hydroxylation sites is 1. The number of nitrogens with zero attached hydrogens (tertiary/aromatic N) is 6. The van der Waals surface area contributed by atoms with E-state index >= 15 is 0 Å². The first kappa shape index (κ1) is 16.7. The van der Waals surface area contributed by atoms with Crippen molar-refractivity contribution in [1.29, 1.82) is 0 Å². The van der Waals surface area contributed by atoms with Crippen molar-refractivity contribution in [1.82, 2.24) is 30.5 Å². The maximum Gasteiger partial charge on any atom is 0.151 e. The van der Waals surface area contributed by atoms with Gasteiger partial charge >= 0.3 is 0 Å². The maximum atomic E-state index is 4.56. The van der Waals surface area contributed by atoms with E-state index < -0.39 is 0 Å². The van der Waals surface area contributed by atoms with Crippen LogP contribution in [0.5, 0.6) is 0 Å². The van der Waals surface area contributed by atoms with Gasteiger partial charge in [0.15, 0.2) is 5.82 Å². The molecule has 1 fully saturated rings. The normalized spacial score (nSPS) is 17.4. The van der Waals surface area contributed by atoms with Crippen LogP contribution in [0.15, 0.2) is 48.7 Å². The fourth-order valence-corrected chi connectivity index (χ4v) is 3.22. The quantitative estimate of drug-likeness (QED) is 0.761. The summed E-state index contributed by atoms with van der Waals surface area (Å²) >= 11 is 0. The SMILES string of the molecule is Cc1ccc(N2CCC[C@H](NCc3cnn(-c4ccccc4)n3)C2)nn1. The Balaban J connectivity index is 1.34. The van der Waals surface area contributed by atoms with Gasteiger partial charge in [-0.05, 0) is 44.0 Å². The number of anilines is 1. The molecule has 1 atom stereocenters. The largest absolute Gasteiger partial charge is 0.354 e. The van der Waals surface area contributed by atoms with E-state index in [4.69, 9.17) is 0 Å². The van der Waals surface area contributed by atoms with Gasteiger partial charge in [0.2, 0.25) is 0 Å². The lowest BCUT2D eigenvalue weighted by Gasteiger charge is -2.33. The van der Waals surface area contributed by atoms with Gasteiger partial charge in [0.1, 0.15) is 0 Å². The molecule has 26 heavy (non-hydrogen) atoms. The Kier molecular flexibility index (Phi) is 4.88. The monoisotopic (exact) mass is 349 g/mol. The van der Waals surface area contributed by atoms with Gasteiger partial charge in [-0.15, -0.1) is 5.10 Å².